The molecule has 8 heteroatoms. The summed E-state index contributed by atoms with van der Waals surface area (Å²) < 4.78 is 10.1. The third-order valence-electron chi connectivity index (χ3n) is 4.37. The van der Waals surface area contributed by atoms with E-state index in [1.165, 1.54) is 0 Å². The Labute approximate surface area is 196 Å². The monoisotopic (exact) mass is 636 g/mol. The number of carbonyl (C=O) groups is 2. The lowest BCUT2D eigenvalue weighted by molar-refractivity contribution is -0.108. The summed E-state index contributed by atoms with van der Waals surface area (Å²) in [6.45, 7) is 1.12. The smallest absolute Gasteiger partial charge is 0.160 e. The van der Waals surface area contributed by atoms with Crippen molar-refractivity contribution in [1.29, 1.82) is 0 Å². The molecule has 0 aliphatic carbocycles. The van der Waals surface area contributed by atoms with Crippen LogP contribution < -0.4 is 9.47 Å². The van der Waals surface area contributed by atoms with Gasteiger partial charge in [0.25, 0.3) is 0 Å². The lowest BCUT2D eigenvalue weighted by Gasteiger charge is -2.22. The van der Waals surface area contributed by atoms with Crippen LogP contribution in [0.4, 0.5) is 0 Å². The van der Waals surface area contributed by atoms with Gasteiger partial charge in [0, 0.05) is 11.1 Å². The molecule has 0 atom stereocenters. The minimum Gasteiger partial charge on any atom is -0.493 e. The second kappa shape index (κ2) is 8.98. The Kier molecular flexibility index (Phi) is 7.05. The van der Waals surface area contributed by atoms with Gasteiger partial charge in [0.2, 0.25) is 0 Å². The standard InChI is InChI=1S/C20H16Br4O4/c21-19(22,11-25)13-3-5-15-16-6-4-14(20(23,24)12-26)10-18(16)28-8-2-1-7-27-17(15)9-13/h3-6,9-12H,1-2,7-8H2. The second-order valence-corrected chi connectivity index (χ2v) is 13.4. The van der Waals surface area contributed by atoms with Crippen LogP contribution in [0.2, 0.25) is 0 Å². The molecule has 148 valence electrons. The van der Waals surface area contributed by atoms with Gasteiger partial charge < -0.3 is 19.1 Å². The fraction of sp³-hybridized carbons (Fsp3) is 0.300. The molecular formula is C20H16Br4O4. The Morgan fingerprint density at radius 1 is 0.714 bits per heavy atom. The summed E-state index contributed by atoms with van der Waals surface area (Å²) in [5.74, 6) is 1.34. The molecule has 0 N–H and O–H groups in total. The molecule has 0 radical (unpaired) electrons. The van der Waals surface area contributed by atoms with E-state index in [9.17, 15) is 9.59 Å². The summed E-state index contributed by atoms with van der Waals surface area (Å²) >= 11 is 13.5. The Hall–Kier alpha value is -0.700. The van der Waals surface area contributed by atoms with E-state index >= 15 is 0 Å². The normalized spacial score (nSPS) is 14.7. The van der Waals surface area contributed by atoms with E-state index < -0.39 is 6.47 Å². The summed E-state index contributed by atoms with van der Waals surface area (Å²) in [7, 11) is 0. The highest BCUT2D eigenvalue weighted by atomic mass is 79.9. The highest BCUT2D eigenvalue weighted by molar-refractivity contribution is 9.25. The highest BCUT2D eigenvalue weighted by Gasteiger charge is 2.28. The van der Waals surface area contributed by atoms with Crippen LogP contribution in [0.15, 0.2) is 36.4 Å². The number of halogens is 4. The Morgan fingerprint density at radius 2 is 1.11 bits per heavy atom. The third-order valence-corrected chi connectivity index (χ3v) is 6.95. The zero-order chi connectivity index (χ0) is 20.4. The summed E-state index contributed by atoms with van der Waals surface area (Å²) in [6.07, 6.45) is 3.25. The fourth-order valence-corrected chi connectivity index (χ4v) is 3.83. The van der Waals surface area contributed by atoms with Gasteiger partial charge in [-0.25, -0.2) is 0 Å². The second-order valence-electron chi connectivity index (χ2n) is 6.31. The first kappa shape index (κ1) is 22.0. The van der Waals surface area contributed by atoms with Crippen molar-refractivity contribution in [3.05, 3.63) is 47.5 Å². The topological polar surface area (TPSA) is 52.6 Å². The van der Waals surface area contributed by atoms with E-state index in [1.54, 1.807) is 0 Å². The van der Waals surface area contributed by atoms with E-state index in [4.69, 9.17) is 9.47 Å². The fourth-order valence-electron chi connectivity index (χ4n) is 2.85. The van der Waals surface area contributed by atoms with Crippen LogP contribution >= 0.6 is 63.7 Å². The number of rotatable bonds is 4. The lowest BCUT2D eigenvalue weighted by Crippen LogP contribution is -2.13. The molecule has 28 heavy (non-hydrogen) atoms. The first-order valence-electron chi connectivity index (χ1n) is 8.52. The molecule has 0 saturated heterocycles. The molecule has 2 aromatic rings. The predicted octanol–water partition coefficient (Wildman–Crippen LogP) is 6.19. The highest BCUT2D eigenvalue weighted by Crippen LogP contribution is 2.45. The van der Waals surface area contributed by atoms with E-state index in [1.807, 2.05) is 36.4 Å². The van der Waals surface area contributed by atoms with Gasteiger partial charge in [0.15, 0.2) is 19.0 Å². The van der Waals surface area contributed by atoms with Gasteiger partial charge in [-0.05, 0) is 36.1 Å². The van der Waals surface area contributed by atoms with Gasteiger partial charge in [-0.3, -0.25) is 0 Å². The molecular weight excluding hydrogens is 624 g/mol. The van der Waals surface area contributed by atoms with E-state index in [0.29, 0.717) is 24.7 Å². The third kappa shape index (κ3) is 4.71. The zero-order valence-corrected chi connectivity index (χ0v) is 20.9. The molecule has 0 fully saturated rings. The first-order chi connectivity index (χ1) is 13.3. The molecule has 0 bridgehead atoms. The molecule has 1 aliphatic rings. The first-order valence-corrected chi connectivity index (χ1v) is 11.7. The van der Waals surface area contributed by atoms with Crippen molar-refractivity contribution in [2.45, 2.75) is 19.3 Å². The molecule has 0 aromatic heterocycles. The van der Waals surface area contributed by atoms with Crippen molar-refractivity contribution in [3.8, 4) is 22.6 Å². The van der Waals surface area contributed by atoms with Crippen molar-refractivity contribution in [3.63, 3.8) is 0 Å². The van der Waals surface area contributed by atoms with Crippen LogP contribution in [0.3, 0.4) is 0 Å². The maximum atomic E-state index is 11.4. The SMILES string of the molecule is O=CC(Br)(Br)c1ccc2c(c1)OCCCCOc1cc(C(Br)(Br)C=O)ccc1-2. The summed E-state index contributed by atoms with van der Waals surface area (Å²) in [6, 6.07) is 11.2. The lowest BCUT2D eigenvalue weighted by atomic mass is 9.98. The molecule has 3 rings (SSSR count). The average molecular weight is 640 g/mol. The Balaban J connectivity index is 2.15. The van der Waals surface area contributed by atoms with E-state index in [-0.39, 0.29) is 0 Å². The van der Waals surface area contributed by atoms with Crippen LogP contribution in [0.25, 0.3) is 11.1 Å². The molecule has 1 heterocycles. The van der Waals surface area contributed by atoms with Gasteiger partial charge in [-0.2, -0.15) is 0 Å². The summed E-state index contributed by atoms with van der Waals surface area (Å²) in [5, 5.41) is 0. The number of carbonyl (C=O) groups excluding carboxylic acids is 2. The van der Waals surface area contributed by atoms with E-state index in [0.717, 1.165) is 47.7 Å². The van der Waals surface area contributed by atoms with E-state index in [2.05, 4.69) is 63.7 Å². The number of hydrogen-bond acceptors (Lipinski definition) is 4. The van der Waals surface area contributed by atoms with Crippen molar-refractivity contribution >= 4 is 76.3 Å². The molecule has 0 amide bonds. The minimum atomic E-state index is -0.966. The summed E-state index contributed by atoms with van der Waals surface area (Å²) in [5.41, 5.74) is 3.18. The Bertz CT molecular complexity index is 822. The van der Waals surface area contributed by atoms with Crippen molar-refractivity contribution in [1.82, 2.24) is 0 Å². The maximum absolute atomic E-state index is 11.4. The number of benzene rings is 2. The molecule has 0 saturated carbocycles. The van der Waals surface area contributed by atoms with Crippen molar-refractivity contribution < 1.29 is 19.1 Å². The quantitative estimate of drug-likeness (QED) is 0.296. The molecule has 1 aliphatic heterocycles. The number of hydrogen-bond donors (Lipinski definition) is 0. The minimum absolute atomic E-state index is 0.558. The number of fused-ring (bicyclic) bond motifs is 3. The number of aldehydes is 2. The van der Waals surface area contributed by atoms with Crippen LogP contribution in [0.1, 0.15) is 24.0 Å². The molecule has 2 aromatic carbocycles. The largest absolute Gasteiger partial charge is 0.493 e. The molecule has 0 unspecified atom stereocenters. The van der Waals surface area contributed by atoms with Crippen molar-refractivity contribution in [2.75, 3.05) is 13.2 Å². The van der Waals surface area contributed by atoms with Crippen molar-refractivity contribution in [2.24, 2.45) is 0 Å². The van der Waals surface area contributed by atoms with Crippen LogP contribution in [-0.4, -0.2) is 25.8 Å². The summed E-state index contributed by atoms with van der Waals surface area (Å²) in [4.78, 5) is 22.8. The molecule has 0 spiro atoms. The van der Waals surface area contributed by atoms with Gasteiger partial charge in [-0.1, -0.05) is 88.0 Å². The zero-order valence-electron chi connectivity index (χ0n) is 14.6. The predicted molar refractivity (Wildman–Crippen MR) is 123 cm³/mol. The number of alkyl halides is 4. The van der Waals surface area contributed by atoms with Gasteiger partial charge in [0.1, 0.15) is 11.5 Å². The molecule has 4 nitrogen and oxygen atoms in total. The maximum Gasteiger partial charge on any atom is 0.160 e. The number of ether oxygens (including phenoxy) is 2. The van der Waals surface area contributed by atoms with Gasteiger partial charge in [-0.15, -0.1) is 0 Å². The van der Waals surface area contributed by atoms with Gasteiger partial charge >= 0.3 is 0 Å². The van der Waals surface area contributed by atoms with Gasteiger partial charge in [0.05, 0.1) is 13.2 Å². The van der Waals surface area contributed by atoms with Crippen LogP contribution in [-0.2, 0) is 16.1 Å². The Morgan fingerprint density at radius 3 is 1.46 bits per heavy atom. The van der Waals surface area contributed by atoms with Crippen LogP contribution in [0.5, 0.6) is 11.5 Å². The van der Waals surface area contributed by atoms with Crippen LogP contribution in [0, 0.1) is 0 Å². The average Bonchev–Trinajstić information content (AvgIpc) is 2.70.